The molecule has 0 bridgehead atoms. The second-order valence-corrected chi connectivity index (χ2v) is 4.49. The third-order valence-corrected chi connectivity index (χ3v) is 3.00. The second-order valence-electron chi connectivity index (χ2n) is 4.49. The number of carbonyl (C=O) groups is 2. The van der Waals surface area contributed by atoms with Crippen LogP contribution in [0, 0.1) is 5.41 Å². The number of hydrogen-bond acceptors (Lipinski definition) is 4. The summed E-state index contributed by atoms with van der Waals surface area (Å²) in [5.74, 6) is -0.519. The van der Waals surface area contributed by atoms with Crippen LogP contribution < -0.4 is 0 Å². The van der Waals surface area contributed by atoms with Crippen LogP contribution in [-0.4, -0.2) is 31.6 Å². The van der Waals surface area contributed by atoms with Crippen molar-refractivity contribution in [1.29, 1.82) is 0 Å². The van der Waals surface area contributed by atoms with E-state index in [4.69, 9.17) is 9.47 Å². The lowest BCUT2D eigenvalue weighted by Crippen LogP contribution is -2.48. The van der Waals surface area contributed by atoms with Gasteiger partial charge in [0, 0.05) is 6.42 Å². The maximum Gasteiger partial charge on any atom is 0.322 e. The largest absolute Gasteiger partial charge is 0.465 e. The maximum atomic E-state index is 12.0. The molecule has 0 spiro atoms. The zero-order valence-corrected chi connectivity index (χ0v) is 10.6. The predicted molar refractivity (Wildman–Crippen MR) is 63.6 cm³/mol. The van der Waals surface area contributed by atoms with E-state index >= 15 is 0 Å². The Bertz CT molecular complexity index is 321. The average molecular weight is 240 g/mol. The number of rotatable bonds is 5. The zero-order chi connectivity index (χ0) is 12.9. The minimum absolute atomic E-state index is 0.0662. The fraction of sp³-hybridized carbons (Fsp3) is 0.692. The van der Waals surface area contributed by atoms with Crippen LogP contribution >= 0.6 is 0 Å². The SMILES string of the molecule is C=C(C)CCC1(C(=O)OCC)COCCC1=O. The number of esters is 1. The first kappa shape index (κ1) is 13.9. The van der Waals surface area contributed by atoms with Gasteiger partial charge in [0.1, 0.15) is 5.41 Å². The van der Waals surface area contributed by atoms with Gasteiger partial charge in [0.05, 0.1) is 19.8 Å². The highest BCUT2D eigenvalue weighted by Crippen LogP contribution is 2.33. The molecule has 1 unspecified atom stereocenters. The highest BCUT2D eigenvalue weighted by molar-refractivity contribution is 6.04. The second kappa shape index (κ2) is 5.96. The van der Waals surface area contributed by atoms with Crippen LogP contribution in [0.25, 0.3) is 0 Å². The summed E-state index contributed by atoms with van der Waals surface area (Å²) >= 11 is 0. The third kappa shape index (κ3) is 3.16. The first-order valence-electron chi connectivity index (χ1n) is 5.95. The minimum Gasteiger partial charge on any atom is -0.465 e. The Morgan fingerprint density at radius 3 is 2.82 bits per heavy atom. The van der Waals surface area contributed by atoms with E-state index in [1.165, 1.54) is 0 Å². The van der Waals surface area contributed by atoms with Gasteiger partial charge in [0.15, 0.2) is 5.78 Å². The van der Waals surface area contributed by atoms with E-state index < -0.39 is 11.4 Å². The van der Waals surface area contributed by atoms with E-state index in [0.29, 0.717) is 19.4 Å². The number of ketones is 1. The number of carbonyl (C=O) groups excluding carboxylic acids is 2. The Labute approximate surface area is 102 Å². The Balaban J connectivity index is 2.85. The standard InChI is InChI=1S/C13H20O4/c1-4-17-12(15)13(7-5-10(2)3)9-16-8-6-11(13)14/h2,4-9H2,1,3H3. The van der Waals surface area contributed by atoms with Crippen molar-refractivity contribution in [2.75, 3.05) is 19.8 Å². The Hall–Kier alpha value is -1.16. The molecule has 0 amide bonds. The van der Waals surface area contributed by atoms with Gasteiger partial charge in [-0.25, -0.2) is 0 Å². The van der Waals surface area contributed by atoms with Crippen LogP contribution in [0.5, 0.6) is 0 Å². The van der Waals surface area contributed by atoms with Gasteiger partial charge in [0.2, 0.25) is 0 Å². The lowest BCUT2D eigenvalue weighted by atomic mass is 9.76. The van der Waals surface area contributed by atoms with Gasteiger partial charge in [0.25, 0.3) is 0 Å². The molecule has 0 saturated carbocycles. The summed E-state index contributed by atoms with van der Waals surface area (Å²) in [6.07, 6.45) is 1.35. The number of Topliss-reactive ketones (excluding diaryl/α,β-unsaturated/α-hetero) is 1. The van der Waals surface area contributed by atoms with Crippen molar-refractivity contribution in [3.63, 3.8) is 0 Å². The molecular weight excluding hydrogens is 220 g/mol. The first-order chi connectivity index (χ1) is 8.03. The lowest BCUT2D eigenvalue weighted by Gasteiger charge is -2.33. The van der Waals surface area contributed by atoms with Crippen molar-refractivity contribution in [2.45, 2.75) is 33.1 Å². The summed E-state index contributed by atoms with van der Waals surface area (Å²) in [5.41, 5.74) is -0.153. The van der Waals surface area contributed by atoms with Crippen LogP contribution in [0.3, 0.4) is 0 Å². The van der Waals surface area contributed by atoms with E-state index in [1.54, 1.807) is 6.92 Å². The minimum atomic E-state index is -1.10. The lowest BCUT2D eigenvalue weighted by molar-refractivity contribution is -0.169. The van der Waals surface area contributed by atoms with Crippen LogP contribution in [0.15, 0.2) is 12.2 Å². The van der Waals surface area contributed by atoms with Crippen LogP contribution in [0.4, 0.5) is 0 Å². The molecule has 1 heterocycles. The topological polar surface area (TPSA) is 52.6 Å². The van der Waals surface area contributed by atoms with E-state index in [0.717, 1.165) is 5.57 Å². The van der Waals surface area contributed by atoms with E-state index in [-0.39, 0.29) is 25.4 Å². The van der Waals surface area contributed by atoms with Gasteiger partial charge in [-0.05, 0) is 26.7 Å². The van der Waals surface area contributed by atoms with E-state index in [1.807, 2.05) is 6.92 Å². The molecule has 0 aromatic heterocycles. The molecule has 1 aliphatic heterocycles. The van der Waals surface area contributed by atoms with Gasteiger partial charge in [-0.1, -0.05) is 5.57 Å². The van der Waals surface area contributed by atoms with Gasteiger partial charge in [-0.3, -0.25) is 9.59 Å². The van der Waals surface area contributed by atoms with Crippen molar-refractivity contribution in [2.24, 2.45) is 5.41 Å². The molecule has 96 valence electrons. The number of ether oxygens (including phenoxy) is 2. The molecule has 1 fully saturated rings. The molecule has 4 nitrogen and oxygen atoms in total. The van der Waals surface area contributed by atoms with Crippen LogP contribution in [-0.2, 0) is 19.1 Å². The zero-order valence-electron chi connectivity index (χ0n) is 10.6. The van der Waals surface area contributed by atoms with Crippen molar-refractivity contribution in [3.05, 3.63) is 12.2 Å². The molecule has 1 saturated heterocycles. The molecular formula is C13H20O4. The van der Waals surface area contributed by atoms with Crippen molar-refractivity contribution >= 4 is 11.8 Å². The fourth-order valence-electron chi connectivity index (χ4n) is 1.91. The summed E-state index contributed by atoms with van der Waals surface area (Å²) in [5, 5.41) is 0. The van der Waals surface area contributed by atoms with Crippen molar-refractivity contribution in [3.8, 4) is 0 Å². The normalized spacial score (nSPS) is 24.5. The molecule has 0 aromatic rings. The van der Waals surface area contributed by atoms with Gasteiger partial charge >= 0.3 is 5.97 Å². The van der Waals surface area contributed by atoms with Gasteiger partial charge in [-0.2, -0.15) is 0 Å². The van der Waals surface area contributed by atoms with E-state index in [2.05, 4.69) is 6.58 Å². The first-order valence-corrected chi connectivity index (χ1v) is 5.95. The summed E-state index contributed by atoms with van der Waals surface area (Å²) in [6, 6.07) is 0. The molecule has 0 radical (unpaired) electrons. The van der Waals surface area contributed by atoms with Crippen LogP contribution in [0.2, 0.25) is 0 Å². The molecule has 1 aliphatic rings. The molecule has 1 atom stereocenters. The number of allylic oxidation sites excluding steroid dienone is 1. The average Bonchev–Trinajstić information content (AvgIpc) is 2.28. The molecule has 0 aliphatic carbocycles. The summed E-state index contributed by atoms with van der Waals surface area (Å²) in [7, 11) is 0. The fourth-order valence-corrected chi connectivity index (χ4v) is 1.91. The van der Waals surface area contributed by atoms with E-state index in [9.17, 15) is 9.59 Å². The summed E-state index contributed by atoms with van der Waals surface area (Å²) in [4.78, 5) is 24.0. The molecule has 0 aromatic carbocycles. The Kier molecular flexibility index (Phi) is 4.87. The van der Waals surface area contributed by atoms with Gasteiger partial charge in [-0.15, -0.1) is 6.58 Å². The molecule has 17 heavy (non-hydrogen) atoms. The van der Waals surface area contributed by atoms with Crippen LogP contribution in [0.1, 0.15) is 33.1 Å². The highest BCUT2D eigenvalue weighted by Gasteiger charge is 2.48. The quantitative estimate of drug-likeness (QED) is 0.418. The maximum absolute atomic E-state index is 12.0. The number of hydrogen-bond donors (Lipinski definition) is 0. The Morgan fingerprint density at radius 1 is 1.59 bits per heavy atom. The molecule has 0 N–H and O–H groups in total. The summed E-state index contributed by atoms with van der Waals surface area (Å²) in [6.45, 7) is 8.22. The predicted octanol–water partition coefficient (Wildman–Crippen LogP) is 1.88. The Morgan fingerprint density at radius 2 is 2.29 bits per heavy atom. The smallest absolute Gasteiger partial charge is 0.322 e. The molecule has 4 heteroatoms. The van der Waals surface area contributed by atoms with Crippen molar-refractivity contribution < 1.29 is 19.1 Å². The third-order valence-electron chi connectivity index (χ3n) is 3.00. The van der Waals surface area contributed by atoms with Gasteiger partial charge < -0.3 is 9.47 Å². The summed E-state index contributed by atoms with van der Waals surface area (Å²) < 4.78 is 10.3. The molecule has 1 rings (SSSR count). The van der Waals surface area contributed by atoms with Crippen molar-refractivity contribution in [1.82, 2.24) is 0 Å². The monoisotopic (exact) mass is 240 g/mol. The highest BCUT2D eigenvalue weighted by atomic mass is 16.5.